The number of hydrogen-bond acceptors (Lipinski definition) is 2. The Morgan fingerprint density at radius 3 is 1.92 bits per heavy atom. The molecule has 0 aliphatic rings. The van der Waals surface area contributed by atoms with Gasteiger partial charge >= 0.3 is 0 Å². The van der Waals surface area contributed by atoms with Crippen molar-refractivity contribution in [1.82, 2.24) is 0 Å². The molecule has 0 spiro atoms. The molecule has 2 N–H and O–H groups in total. The van der Waals surface area contributed by atoms with Gasteiger partial charge in [-0.1, -0.05) is 20.8 Å². The fourth-order valence-corrected chi connectivity index (χ4v) is 1.91. The molecule has 0 saturated carbocycles. The Labute approximate surface area is 82.8 Å². The zero-order chi connectivity index (χ0) is 10.4. The van der Waals surface area contributed by atoms with Crippen LogP contribution in [-0.2, 0) is 4.74 Å². The number of ether oxygens (including phenoxy) is 1. The van der Waals surface area contributed by atoms with Crippen molar-refractivity contribution >= 4 is 0 Å². The van der Waals surface area contributed by atoms with E-state index in [1.54, 1.807) is 0 Å². The monoisotopic (exact) mass is 187 g/mol. The molecule has 0 rings (SSSR count). The van der Waals surface area contributed by atoms with E-state index in [1.165, 1.54) is 0 Å². The predicted octanol–water partition coefficient (Wildman–Crippen LogP) is 2.42. The highest BCUT2D eigenvalue weighted by Gasteiger charge is 2.26. The lowest BCUT2D eigenvalue weighted by atomic mass is 9.86. The fourth-order valence-electron chi connectivity index (χ4n) is 1.91. The van der Waals surface area contributed by atoms with Crippen LogP contribution in [-0.4, -0.2) is 18.8 Å². The van der Waals surface area contributed by atoms with Gasteiger partial charge in [-0.25, -0.2) is 0 Å². The van der Waals surface area contributed by atoms with Crippen molar-refractivity contribution in [3.05, 3.63) is 0 Å². The maximum Gasteiger partial charge on any atom is 0.0640 e. The third kappa shape index (κ3) is 4.10. The minimum atomic E-state index is 0.226. The molecule has 0 fully saturated rings. The standard InChI is InChI=1S/C11H25NO/c1-6-10(9(5)12)11(8(3)4)13-7-2/h8-11H,6-7,12H2,1-5H3. The van der Waals surface area contributed by atoms with Crippen LogP contribution in [0.15, 0.2) is 0 Å². The topological polar surface area (TPSA) is 35.2 Å². The molecule has 0 aromatic carbocycles. The van der Waals surface area contributed by atoms with E-state index < -0.39 is 0 Å². The molecule has 0 aromatic heterocycles. The molecular weight excluding hydrogens is 162 g/mol. The van der Waals surface area contributed by atoms with Crippen LogP contribution < -0.4 is 5.73 Å². The van der Waals surface area contributed by atoms with E-state index in [-0.39, 0.29) is 6.04 Å². The molecule has 0 aliphatic carbocycles. The average molecular weight is 187 g/mol. The second kappa shape index (κ2) is 6.39. The lowest BCUT2D eigenvalue weighted by molar-refractivity contribution is -0.0184. The summed E-state index contributed by atoms with van der Waals surface area (Å²) in [6.45, 7) is 11.5. The van der Waals surface area contributed by atoms with E-state index in [0.29, 0.717) is 17.9 Å². The zero-order valence-corrected chi connectivity index (χ0v) is 9.71. The summed E-state index contributed by atoms with van der Waals surface area (Å²) in [5.41, 5.74) is 5.94. The Kier molecular flexibility index (Phi) is 6.35. The quantitative estimate of drug-likeness (QED) is 0.693. The van der Waals surface area contributed by atoms with Crippen molar-refractivity contribution in [2.75, 3.05) is 6.61 Å². The van der Waals surface area contributed by atoms with Crippen LogP contribution in [0, 0.1) is 11.8 Å². The Morgan fingerprint density at radius 2 is 1.69 bits per heavy atom. The zero-order valence-electron chi connectivity index (χ0n) is 9.71. The second-order valence-electron chi connectivity index (χ2n) is 4.10. The average Bonchev–Trinajstić information content (AvgIpc) is 2.03. The SMILES string of the molecule is CCOC(C(C)C)C(CC)C(C)N. The Balaban J connectivity index is 4.29. The van der Waals surface area contributed by atoms with Gasteiger partial charge in [0.15, 0.2) is 0 Å². The minimum Gasteiger partial charge on any atom is -0.378 e. The van der Waals surface area contributed by atoms with E-state index in [2.05, 4.69) is 27.7 Å². The first-order chi connectivity index (χ1) is 6.04. The summed E-state index contributed by atoms with van der Waals surface area (Å²) in [7, 11) is 0. The maximum atomic E-state index is 5.94. The van der Waals surface area contributed by atoms with Crippen molar-refractivity contribution < 1.29 is 4.74 Å². The molecule has 3 atom stereocenters. The van der Waals surface area contributed by atoms with Crippen LogP contribution in [0.1, 0.15) is 41.0 Å². The van der Waals surface area contributed by atoms with Crippen molar-refractivity contribution in [2.45, 2.75) is 53.2 Å². The number of nitrogens with two attached hydrogens (primary N) is 1. The van der Waals surface area contributed by atoms with Crippen LogP contribution in [0.4, 0.5) is 0 Å². The summed E-state index contributed by atoms with van der Waals surface area (Å²) >= 11 is 0. The lowest BCUT2D eigenvalue weighted by Crippen LogP contribution is -2.39. The molecule has 2 heteroatoms. The highest BCUT2D eigenvalue weighted by molar-refractivity contribution is 4.78. The fraction of sp³-hybridized carbons (Fsp3) is 1.00. The molecule has 2 nitrogen and oxygen atoms in total. The summed E-state index contributed by atoms with van der Waals surface area (Å²) < 4.78 is 5.74. The summed E-state index contributed by atoms with van der Waals surface area (Å²) in [5.74, 6) is 1.04. The van der Waals surface area contributed by atoms with E-state index in [0.717, 1.165) is 13.0 Å². The van der Waals surface area contributed by atoms with Gasteiger partial charge in [0.05, 0.1) is 6.10 Å². The van der Waals surface area contributed by atoms with Crippen molar-refractivity contribution in [3.63, 3.8) is 0 Å². The van der Waals surface area contributed by atoms with Crippen molar-refractivity contribution in [2.24, 2.45) is 17.6 Å². The van der Waals surface area contributed by atoms with Crippen LogP contribution >= 0.6 is 0 Å². The molecule has 3 unspecified atom stereocenters. The smallest absolute Gasteiger partial charge is 0.0640 e. The van der Waals surface area contributed by atoms with E-state index >= 15 is 0 Å². The Hall–Kier alpha value is -0.0800. The Bertz CT molecular complexity index is 123. The third-order valence-corrected chi connectivity index (χ3v) is 2.58. The summed E-state index contributed by atoms with van der Waals surface area (Å²) in [4.78, 5) is 0. The molecule has 0 heterocycles. The maximum absolute atomic E-state index is 5.94. The van der Waals surface area contributed by atoms with Gasteiger partial charge in [-0.3, -0.25) is 0 Å². The Morgan fingerprint density at radius 1 is 1.15 bits per heavy atom. The molecule has 0 aromatic rings. The highest BCUT2D eigenvalue weighted by Crippen LogP contribution is 2.22. The van der Waals surface area contributed by atoms with E-state index in [4.69, 9.17) is 10.5 Å². The summed E-state index contributed by atoms with van der Waals surface area (Å²) in [6, 6.07) is 0.226. The second-order valence-corrected chi connectivity index (χ2v) is 4.10. The van der Waals surface area contributed by atoms with Crippen LogP contribution in [0.2, 0.25) is 0 Å². The summed E-state index contributed by atoms with van der Waals surface area (Å²) in [5, 5.41) is 0. The first kappa shape index (κ1) is 12.9. The van der Waals surface area contributed by atoms with Crippen molar-refractivity contribution in [3.8, 4) is 0 Å². The summed E-state index contributed by atoms with van der Waals surface area (Å²) in [6.07, 6.45) is 1.41. The normalized spacial score (nSPS) is 18.7. The molecule has 0 bridgehead atoms. The minimum absolute atomic E-state index is 0.226. The molecule has 0 radical (unpaired) electrons. The molecule has 0 amide bonds. The molecule has 80 valence electrons. The van der Waals surface area contributed by atoms with Gasteiger partial charge in [0, 0.05) is 12.6 Å². The highest BCUT2D eigenvalue weighted by atomic mass is 16.5. The lowest BCUT2D eigenvalue weighted by Gasteiger charge is -2.31. The molecule has 0 aliphatic heterocycles. The number of hydrogen-bond donors (Lipinski definition) is 1. The molecular formula is C11H25NO. The van der Waals surface area contributed by atoms with Gasteiger partial charge in [-0.2, -0.15) is 0 Å². The van der Waals surface area contributed by atoms with Crippen LogP contribution in [0.25, 0.3) is 0 Å². The van der Waals surface area contributed by atoms with Crippen molar-refractivity contribution in [1.29, 1.82) is 0 Å². The first-order valence-corrected chi connectivity index (χ1v) is 5.41. The first-order valence-electron chi connectivity index (χ1n) is 5.41. The van der Waals surface area contributed by atoms with Gasteiger partial charge < -0.3 is 10.5 Å². The van der Waals surface area contributed by atoms with Crippen LogP contribution in [0.3, 0.4) is 0 Å². The predicted molar refractivity (Wildman–Crippen MR) is 57.7 cm³/mol. The third-order valence-electron chi connectivity index (χ3n) is 2.58. The van der Waals surface area contributed by atoms with E-state index in [1.807, 2.05) is 6.92 Å². The van der Waals surface area contributed by atoms with E-state index in [9.17, 15) is 0 Å². The molecule has 13 heavy (non-hydrogen) atoms. The number of rotatable bonds is 6. The molecule has 0 saturated heterocycles. The van der Waals surface area contributed by atoms with Gasteiger partial charge in [-0.15, -0.1) is 0 Å². The largest absolute Gasteiger partial charge is 0.378 e. The van der Waals surface area contributed by atoms with Gasteiger partial charge in [-0.05, 0) is 32.1 Å². The van der Waals surface area contributed by atoms with Crippen LogP contribution in [0.5, 0.6) is 0 Å². The van der Waals surface area contributed by atoms with Gasteiger partial charge in [0.1, 0.15) is 0 Å². The van der Waals surface area contributed by atoms with Gasteiger partial charge in [0.25, 0.3) is 0 Å². The van der Waals surface area contributed by atoms with Gasteiger partial charge in [0.2, 0.25) is 0 Å².